The number of thioether (sulfide) groups is 1. The third kappa shape index (κ3) is 1.81. The van der Waals surface area contributed by atoms with Crippen molar-refractivity contribution in [3.8, 4) is 0 Å². The molecular weight excluding hydrogens is 224 g/mol. The Hall–Kier alpha value is -0.710. The van der Waals surface area contributed by atoms with Crippen LogP contribution in [0.1, 0.15) is 33.1 Å². The van der Waals surface area contributed by atoms with E-state index >= 15 is 0 Å². The van der Waals surface area contributed by atoms with E-state index in [0.717, 1.165) is 18.6 Å². The molecule has 2 aliphatic rings. The van der Waals surface area contributed by atoms with Crippen LogP contribution in [0.15, 0.2) is 0 Å². The number of fused-ring (bicyclic) bond motifs is 1. The van der Waals surface area contributed by atoms with Crippen LogP contribution in [-0.4, -0.2) is 33.9 Å². The summed E-state index contributed by atoms with van der Waals surface area (Å²) in [6.45, 7) is 4.04. The minimum atomic E-state index is -0.435. The van der Waals surface area contributed by atoms with E-state index in [0.29, 0.717) is 6.42 Å². The van der Waals surface area contributed by atoms with Crippen LogP contribution in [0, 0.1) is 5.41 Å². The molecule has 0 aromatic heterocycles. The van der Waals surface area contributed by atoms with Gasteiger partial charge in [0.05, 0.1) is 5.37 Å². The van der Waals surface area contributed by atoms with Crippen molar-refractivity contribution >= 4 is 23.6 Å². The molecule has 0 spiro atoms. The quantitative estimate of drug-likeness (QED) is 0.744. The van der Waals surface area contributed by atoms with Crippen molar-refractivity contribution in [1.82, 2.24) is 4.90 Å². The molecular formula is C11H18N2O2S. The van der Waals surface area contributed by atoms with Gasteiger partial charge in [0.15, 0.2) is 0 Å². The Balaban J connectivity index is 2.33. The Kier molecular flexibility index (Phi) is 2.90. The van der Waals surface area contributed by atoms with Crippen LogP contribution in [0.4, 0.5) is 0 Å². The van der Waals surface area contributed by atoms with Crippen molar-refractivity contribution in [3.05, 3.63) is 0 Å². The molecule has 0 aromatic carbocycles. The van der Waals surface area contributed by atoms with Gasteiger partial charge in [-0.15, -0.1) is 11.8 Å². The predicted octanol–water partition coefficient (Wildman–Crippen LogP) is 0.952. The van der Waals surface area contributed by atoms with Crippen LogP contribution in [0.3, 0.4) is 0 Å². The largest absolute Gasteiger partial charge is 0.368 e. The molecule has 2 rings (SSSR count). The van der Waals surface area contributed by atoms with Crippen molar-refractivity contribution in [1.29, 1.82) is 0 Å². The monoisotopic (exact) mass is 242 g/mol. The predicted molar refractivity (Wildman–Crippen MR) is 63.7 cm³/mol. The summed E-state index contributed by atoms with van der Waals surface area (Å²) in [5.74, 6) is 0.710. The lowest BCUT2D eigenvalue weighted by Crippen LogP contribution is -2.50. The lowest BCUT2D eigenvalue weighted by atomic mass is 9.84. The van der Waals surface area contributed by atoms with Gasteiger partial charge in [-0.3, -0.25) is 9.59 Å². The highest BCUT2D eigenvalue weighted by Crippen LogP contribution is 2.45. The standard InChI is InChI=1S/C11H18N2O2S/c1-11(2)6-8-13(9(11)10(12)15)7(14)4-3-5-16-8/h8-9H,3-6H2,1-2H3,(H2,12,15)/t8-,9+/m0/s1. The zero-order valence-corrected chi connectivity index (χ0v) is 10.5. The number of rotatable bonds is 1. The summed E-state index contributed by atoms with van der Waals surface area (Å²) in [4.78, 5) is 25.3. The Morgan fingerprint density at radius 1 is 1.56 bits per heavy atom. The normalized spacial score (nSPS) is 33.4. The molecule has 0 saturated carbocycles. The molecule has 0 bridgehead atoms. The number of carbonyl (C=O) groups is 2. The van der Waals surface area contributed by atoms with Gasteiger partial charge in [0.2, 0.25) is 11.8 Å². The maximum absolute atomic E-state index is 12.0. The number of nitrogens with two attached hydrogens (primary N) is 1. The minimum Gasteiger partial charge on any atom is -0.368 e. The smallest absolute Gasteiger partial charge is 0.240 e. The number of hydrogen-bond acceptors (Lipinski definition) is 3. The Labute approximate surface area is 99.9 Å². The second-order valence-electron chi connectivity index (χ2n) is 5.23. The van der Waals surface area contributed by atoms with E-state index < -0.39 is 6.04 Å². The highest BCUT2D eigenvalue weighted by molar-refractivity contribution is 7.99. The molecule has 5 heteroatoms. The average molecular weight is 242 g/mol. The molecule has 16 heavy (non-hydrogen) atoms. The van der Waals surface area contributed by atoms with Crippen LogP contribution < -0.4 is 5.73 Å². The molecule has 0 aromatic rings. The number of amides is 2. The van der Waals surface area contributed by atoms with Gasteiger partial charge < -0.3 is 10.6 Å². The molecule has 2 fully saturated rings. The fourth-order valence-corrected chi connectivity index (χ4v) is 4.27. The maximum Gasteiger partial charge on any atom is 0.240 e. The summed E-state index contributed by atoms with van der Waals surface area (Å²) in [6, 6.07) is -0.435. The van der Waals surface area contributed by atoms with Gasteiger partial charge in [-0.25, -0.2) is 0 Å². The molecule has 2 atom stereocenters. The second-order valence-corrected chi connectivity index (χ2v) is 6.51. The highest BCUT2D eigenvalue weighted by Gasteiger charge is 2.51. The topological polar surface area (TPSA) is 63.4 Å². The first-order valence-electron chi connectivity index (χ1n) is 5.65. The highest BCUT2D eigenvalue weighted by atomic mass is 32.2. The first-order chi connectivity index (χ1) is 7.43. The van der Waals surface area contributed by atoms with Crippen LogP contribution >= 0.6 is 11.8 Å². The SMILES string of the molecule is CC1(C)C[C@@H]2SCCCC(=O)N2[C@@H]1C(N)=O. The van der Waals surface area contributed by atoms with E-state index in [-0.39, 0.29) is 22.6 Å². The van der Waals surface area contributed by atoms with Crippen LogP contribution in [0.5, 0.6) is 0 Å². The van der Waals surface area contributed by atoms with E-state index in [9.17, 15) is 9.59 Å². The number of nitrogens with zero attached hydrogens (tertiary/aromatic N) is 1. The number of carbonyl (C=O) groups excluding carboxylic acids is 2. The van der Waals surface area contributed by atoms with E-state index in [1.807, 2.05) is 13.8 Å². The molecule has 0 aliphatic carbocycles. The molecule has 4 nitrogen and oxygen atoms in total. The van der Waals surface area contributed by atoms with Crippen molar-refractivity contribution in [3.63, 3.8) is 0 Å². The summed E-state index contributed by atoms with van der Waals surface area (Å²) < 4.78 is 0. The first kappa shape index (κ1) is 11.8. The maximum atomic E-state index is 12.0. The molecule has 90 valence electrons. The molecule has 2 N–H and O–H groups in total. The summed E-state index contributed by atoms with van der Waals surface area (Å²) >= 11 is 1.78. The van der Waals surface area contributed by atoms with Gasteiger partial charge in [-0.05, 0) is 24.0 Å². The Morgan fingerprint density at radius 2 is 2.25 bits per heavy atom. The first-order valence-corrected chi connectivity index (χ1v) is 6.70. The summed E-state index contributed by atoms with van der Waals surface area (Å²) in [5, 5.41) is 0.141. The van der Waals surface area contributed by atoms with Gasteiger partial charge in [-0.1, -0.05) is 13.8 Å². The third-order valence-electron chi connectivity index (χ3n) is 3.43. The molecule has 2 saturated heterocycles. The zero-order chi connectivity index (χ0) is 11.9. The van der Waals surface area contributed by atoms with Gasteiger partial charge in [-0.2, -0.15) is 0 Å². The van der Waals surface area contributed by atoms with Gasteiger partial charge in [0, 0.05) is 6.42 Å². The second kappa shape index (κ2) is 3.95. The van der Waals surface area contributed by atoms with Crippen LogP contribution in [-0.2, 0) is 9.59 Å². The fourth-order valence-electron chi connectivity index (χ4n) is 2.74. The Morgan fingerprint density at radius 3 is 2.88 bits per heavy atom. The van der Waals surface area contributed by atoms with Crippen molar-refractivity contribution < 1.29 is 9.59 Å². The lowest BCUT2D eigenvalue weighted by Gasteiger charge is -2.30. The number of hydrogen-bond donors (Lipinski definition) is 1. The molecule has 2 heterocycles. The molecule has 2 aliphatic heterocycles. The van der Waals surface area contributed by atoms with E-state index in [1.54, 1.807) is 16.7 Å². The molecule has 0 radical (unpaired) electrons. The minimum absolute atomic E-state index is 0.0874. The summed E-state index contributed by atoms with van der Waals surface area (Å²) in [6.07, 6.45) is 2.31. The summed E-state index contributed by atoms with van der Waals surface area (Å²) in [5.41, 5.74) is 5.25. The van der Waals surface area contributed by atoms with Gasteiger partial charge in [0.1, 0.15) is 6.04 Å². The fraction of sp³-hybridized carbons (Fsp3) is 0.818. The summed E-state index contributed by atoms with van der Waals surface area (Å²) in [7, 11) is 0. The van der Waals surface area contributed by atoms with Crippen LogP contribution in [0.2, 0.25) is 0 Å². The average Bonchev–Trinajstić information content (AvgIpc) is 2.32. The number of primary amides is 1. The lowest BCUT2D eigenvalue weighted by molar-refractivity contribution is -0.139. The van der Waals surface area contributed by atoms with E-state index in [4.69, 9.17) is 5.73 Å². The van der Waals surface area contributed by atoms with Crippen molar-refractivity contribution in [2.45, 2.75) is 44.5 Å². The third-order valence-corrected chi connectivity index (χ3v) is 4.74. The zero-order valence-electron chi connectivity index (χ0n) is 9.73. The molecule has 0 unspecified atom stereocenters. The van der Waals surface area contributed by atoms with Crippen molar-refractivity contribution in [2.75, 3.05) is 5.75 Å². The van der Waals surface area contributed by atoms with Gasteiger partial charge >= 0.3 is 0 Å². The van der Waals surface area contributed by atoms with Gasteiger partial charge in [0.25, 0.3) is 0 Å². The molecule has 2 amide bonds. The van der Waals surface area contributed by atoms with E-state index in [2.05, 4.69) is 0 Å². The van der Waals surface area contributed by atoms with Crippen molar-refractivity contribution in [2.24, 2.45) is 11.1 Å². The van der Waals surface area contributed by atoms with Crippen LogP contribution in [0.25, 0.3) is 0 Å². The Bertz CT molecular complexity index is 330. The van der Waals surface area contributed by atoms with E-state index in [1.165, 1.54) is 0 Å².